The zero-order valence-corrected chi connectivity index (χ0v) is 4.67. The molecular weight excluding hydrogens is 252 g/mol. The molecule has 5 heteroatoms. The molecule has 0 atom stereocenters. The van der Waals surface area contributed by atoms with Crippen molar-refractivity contribution in [2.75, 3.05) is 0 Å². The third-order valence-electron chi connectivity index (χ3n) is 0. The van der Waals surface area contributed by atoms with Crippen molar-refractivity contribution in [3.05, 3.63) is 0 Å². The van der Waals surface area contributed by atoms with E-state index in [2.05, 4.69) is 0 Å². The first kappa shape index (κ1) is 9.95. The largest absolute Gasteiger partial charge is 0.328 e. The summed E-state index contributed by atoms with van der Waals surface area (Å²) in [6.07, 6.45) is 0. The molecule has 0 saturated heterocycles. The maximum absolute atomic E-state index is 7.23. The molecular formula is H3O3PYb. The van der Waals surface area contributed by atoms with Crippen LogP contribution in [0.15, 0.2) is 0 Å². The molecule has 3 N–H and O–H groups in total. The molecule has 0 aliphatic carbocycles. The van der Waals surface area contributed by atoms with Gasteiger partial charge in [-0.15, -0.1) is 0 Å². The van der Waals surface area contributed by atoms with Gasteiger partial charge in [-0.05, 0) is 0 Å². The summed E-state index contributed by atoms with van der Waals surface area (Å²) in [6, 6.07) is 0. The van der Waals surface area contributed by atoms with Crippen molar-refractivity contribution in [2.45, 2.75) is 0 Å². The summed E-state index contributed by atoms with van der Waals surface area (Å²) in [5.41, 5.74) is 0. The minimum absolute atomic E-state index is 0. The molecule has 0 aromatic carbocycles. The van der Waals surface area contributed by atoms with Crippen molar-refractivity contribution in [1.29, 1.82) is 0 Å². The van der Waals surface area contributed by atoms with Crippen molar-refractivity contribution in [1.82, 2.24) is 0 Å². The molecule has 0 amide bonds. The average molecular weight is 255 g/mol. The molecule has 0 unspecified atom stereocenters. The van der Waals surface area contributed by atoms with Crippen LogP contribution in [0.4, 0.5) is 0 Å². The van der Waals surface area contributed by atoms with E-state index in [0.717, 1.165) is 0 Å². The summed E-state index contributed by atoms with van der Waals surface area (Å²) in [5.74, 6) is 0. The van der Waals surface area contributed by atoms with Gasteiger partial charge in [-0.2, -0.15) is 0 Å². The van der Waals surface area contributed by atoms with Crippen LogP contribution in [-0.4, -0.2) is 14.7 Å². The van der Waals surface area contributed by atoms with Gasteiger partial charge in [0.25, 0.3) is 0 Å². The first-order valence-electron chi connectivity index (χ1n) is 0.600. The van der Waals surface area contributed by atoms with Gasteiger partial charge in [-0.3, -0.25) is 0 Å². The molecule has 0 spiro atoms. The summed E-state index contributed by atoms with van der Waals surface area (Å²) in [6.45, 7) is 0. The van der Waals surface area contributed by atoms with E-state index in [1.165, 1.54) is 0 Å². The van der Waals surface area contributed by atoms with Crippen molar-refractivity contribution < 1.29 is 61.6 Å². The normalized spacial score (nSPS) is 7.20. The summed E-state index contributed by atoms with van der Waals surface area (Å²) in [4.78, 5) is 21.7. The molecule has 0 radical (unpaired) electrons. The quantitative estimate of drug-likeness (QED) is 0.496. The fourth-order valence-electron chi connectivity index (χ4n) is 0. The van der Waals surface area contributed by atoms with Crippen LogP contribution in [0.1, 0.15) is 0 Å². The number of rotatable bonds is 0. The monoisotopic (exact) mass is 256 g/mol. The zero-order valence-electron chi connectivity index (χ0n) is 2.06. The smallest absolute Gasteiger partial charge is 0.324 e. The van der Waals surface area contributed by atoms with E-state index in [1.54, 1.807) is 0 Å². The molecule has 0 aromatic rings. The van der Waals surface area contributed by atoms with Crippen LogP contribution in [0.5, 0.6) is 0 Å². The van der Waals surface area contributed by atoms with Gasteiger partial charge in [0, 0.05) is 46.9 Å². The van der Waals surface area contributed by atoms with E-state index in [0.29, 0.717) is 0 Å². The Labute approximate surface area is 69.3 Å². The molecule has 0 saturated carbocycles. The van der Waals surface area contributed by atoms with Crippen molar-refractivity contribution in [2.24, 2.45) is 0 Å². The fraction of sp³-hybridized carbons (Fsp3) is 0. The Hall–Kier alpha value is 1.83. The van der Waals surface area contributed by atoms with Crippen LogP contribution in [0.25, 0.3) is 0 Å². The van der Waals surface area contributed by atoms with E-state index in [4.69, 9.17) is 14.7 Å². The summed E-state index contributed by atoms with van der Waals surface area (Å²) in [5, 5.41) is 0. The van der Waals surface area contributed by atoms with Crippen molar-refractivity contribution >= 4 is 8.60 Å². The Morgan fingerprint density at radius 3 is 1.00 bits per heavy atom. The van der Waals surface area contributed by atoms with Gasteiger partial charge in [0.2, 0.25) is 0 Å². The molecule has 0 aromatic heterocycles. The standard InChI is InChI=1S/H3O3P.Yb/c1-4(2)3;/h1-3H;. The Kier molecular flexibility index (Phi) is 11.6. The minimum atomic E-state index is -2.62. The second kappa shape index (κ2) is 5.83. The van der Waals surface area contributed by atoms with E-state index in [9.17, 15) is 0 Å². The number of hydrogen-bond donors (Lipinski definition) is 3. The minimum Gasteiger partial charge on any atom is -0.328 e. The van der Waals surface area contributed by atoms with Crippen molar-refractivity contribution in [3.8, 4) is 0 Å². The maximum atomic E-state index is 7.23. The number of hydrogen-bond acceptors (Lipinski definition) is 3. The van der Waals surface area contributed by atoms with Crippen LogP contribution in [0, 0.1) is 46.9 Å². The fourth-order valence-corrected chi connectivity index (χ4v) is 0. The second-order valence-corrected chi connectivity index (χ2v) is 0.805. The SMILES string of the molecule is OP(O)O.[Yb]. The van der Waals surface area contributed by atoms with Gasteiger partial charge in [0.1, 0.15) is 0 Å². The van der Waals surface area contributed by atoms with Gasteiger partial charge in [-0.25, -0.2) is 0 Å². The molecule has 0 fully saturated rings. The van der Waals surface area contributed by atoms with Crippen LogP contribution in [-0.2, 0) is 0 Å². The van der Waals surface area contributed by atoms with Crippen LogP contribution in [0.3, 0.4) is 0 Å². The van der Waals surface area contributed by atoms with Crippen molar-refractivity contribution in [3.63, 3.8) is 0 Å². The molecule has 40 valence electrons. The zero-order chi connectivity index (χ0) is 3.58. The molecule has 3 nitrogen and oxygen atoms in total. The van der Waals surface area contributed by atoms with Crippen LogP contribution >= 0.6 is 8.60 Å². The molecule has 0 bridgehead atoms. The first-order valence-corrected chi connectivity index (χ1v) is 1.80. The Bertz CT molecular complexity index is 11.6. The third kappa shape index (κ3) is 25.5. The summed E-state index contributed by atoms with van der Waals surface area (Å²) in [7, 11) is -2.62. The molecule has 5 heavy (non-hydrogen) atoms. The predicted octanol–water partition coefficient (Wildman–Crippen LogP) is -0.810. The van der Waals surface area contributed by atoms with E-state index >= 15 is 0 Å². The van der Waals surface area contributed by atoms with Crippen LogP contribution in [0.2, 0.25) is 0 Å². The van der Waals surface area contributed by atoms with Gasteiger partial charge in [0.15, 0.2) is 0 Å². The molecule has 0 aliphatic heterocycles. The Morgan fingerprint density at radius 1 is 1.00 bits per heavy atom. The van der Waals surface area contributed by atoms with Crippen LogP contribution < -0.4 is 0 Å². The van der Waals surface area contributed by atoms with E-state index in [1.807, 2.05) is 0 Å². The summed E-state index contributed by atoms with van der Waals surface area (Å²) < 4.78 is 0. The van der Waals surface area contributed by atoms with Gasteiger partial charge in [-0.1, -0.05) is 0 Å². The molecule has 0 aliphatic rings. The van der Waals surface area contributed by atoms with E-state index < -0.39 is 8.60 Å². The average Bonchev–Trinajstić information content (AvgIpc) is 0.811. The maximum Gasteiger partial charge on any atom is 0.324 e. The van der Waals surface area contributed by atoms with Gasteiger partial charge in [0.05, 0.1) is 0 Å². The van der Waals surface area contributed by atoms with E-state index in [-0.39, 0.29) is 46.9 Å². The molecule has 0 rings (SSSR count). The Balaban J connectivity index is 0. The topological polar surface area (TPSA) is 60.7 Å². The third-order valence-corrected chi connectivity index (χ3v) is 0. The van der Waals surface area contributed by atoms with Gasteiger partial charge < -0.3 is 14.7 Å². The van der Waals surface area contributed by atoms with Gasteiger partial charge >= 0.3 is 8.60 Å². The first-order chi connectivity index (χ1) is 1.73. The molecule has 0 heterocycles. The Morgan fingerprint density at radius 2 is 1.00 bits per heavy atom. The second-order valence-electron chi connectivity index (χ2n) is 0.268. The predicted molar refractivity (Wildman–Crippen MR) is 13.6 cm³/mol. The summed E-state index contributed by atoms with van der Waals surface area (Å²) >= 11 is 0.